The summed E-state index contributed by atoms with van der Waals surface area (Å²) in [4.78, 5) is 11.4. The zero-order valence-corrected chi connectivity index (χ0v) is 12.1. The van der Waals surface area contributed by atoms with Gasteiger partial charge in [0.1, 0.15) is 0 Å². The highest BCUT2D eigenvalue weighted by Crippen LogP contribution is 2.18. The smallest absolute Gasteiger partial charge is 0.233 e. The Labute approximate surface area is 118 Å². The van der Waals surface area contributed by atoms with Gasteiger partial charge in [-0.15, -0.1) is 0 Å². The third-order valence-corrected chi connectivity index (χ3v) is 2.68. The molecule has 3 nitrogen and oxygen atoms in total. The molecule has 0 aromatic heterocycles. The van der Waals surface area contributed by atoms with Gasteiger partial charge in [-0.05, 0) is 29.7 Å². The average molecular weight is 289 g/mol. The summed E-state index contributed by atoms with van der Waals surface area (Å²) in [6.07, 6.45) is 0. The van der Waals surface area contributed by atoms with E-state index in [1.165, 1.54) is 0 Å². The molecule has 0 saturated carbocycles. The van der Waals surface area contributed by atoms with Gasteiger partial charge in [-0.2, -0.15) is 0 Å². The Balaban J connectivity index is 2.30. The quantitative estimate of drug-likeness (QED) is 0.845. The van der Waals surface area contributed by atoms with E-state index >= 15 is 0 Å². The van der Waals surface area contributed by atoms with Crippen LogP contribution in [0.25, 0.3) is 0 Å². The molecular formula is C13H18Cl2N2O. The topological polar surface area (TPSA) is 41.1 Å². The fraction of sp³-hybridized carbons (Fsp3) is 0.462. The van der Waals surface area contributed by atoms with Gasteiger partial charge in [0.2, 0.25) is 5.91 Å². The molecule has 2 N–H and O–H groups in total. The maximum atomic E-state index is 11.4. The van der Waals surface area contributed by atoms with Crippen LogP contribution in [0.3, 0.4) is 0 Å². The van der Waals surface area contributed by atoms with E-state index in [1.807, 2.05) is 12.1 Å². The monoisotopic (exact) mass is 288 g/mol. The zero-order chi connectivity index (χ0) is 13.5. The minimum Gasteiger partial charge on any atom is -0.355 e. The molecule has 0 aliphatic rings. The van der Waals surface area contributed by atoms with Gasteiger partial charge in [0, 0.05) is 23.1 Å². The molecular weight excluding hydrogens is 271 g/mol. The largest absolute Gasteiger partial charge is 0.355 e. The van der Waals surface area contributed by atoms with Crippen molar-refractivity contribution in [2.45, 2.75) is 20.4 Å². The lowest BCUT2D eigenvalue weighted by atomic mass is 10.2. The second-order valence-corrected chi connectivity index (χ2v) is 5.45. The normalized spacial score (nSPS) is 10.7. The predicted molar refractivity (Wildman–Crippen MR) is 76.0 cm³/mol. The van der Waals surface area contributed by atoms with Crippen molar-refractivity contribution >= 4 is 29.1 Å². The van der Waals surface area contributed by atoms with E-state index < -0.39 is 0 Å². The minimum atomic E-state index is -0.00294. The number of benzene rings is 1. The zero-order valence-electron chi connectivity index (χ0n) is 10.6. The van der Waals surface area contributed by atoms with E-state index in [-0.39, 0.29) is 12.5 Å². The average Bonchev–Trinajstić information content (AvgIpc) is 2.25. The third-order valence-electron chi connectivity index (χ3n) is 2.24. The molecule has 0 radical (unpaired) electrons. The van der Waals surface area contributed by atoms with Crippen molar-refractivity contribution in [1.29, 1.82) is 0 Å². The molecule has 0 unspecified atom stereocenters. The maximum Gasteiger partial charge on any atom is 0.233 e. The van der Waals surface area contributed by atoms with Crippen LogP contribution >= 0.6 is 23.2 Å². The van der Waals surface area contributed by atoms with Gasteiger partial charge in [-0.25, -0.2) is 0 Å². The van der Waals surface area contributed by atoms with Crippen molar-refractivity contribution < 1.29 is 4.79 Å². The number of nitrogens with one attached hydrogen (secondary N) is 2. The van der Waals surface area contributed by atoms with Gasteiger partial charge in [0.15, 0.2) is 0 Å². The fourth-order valence-electron chi connectivity index (χ4n) is 1.41. The van der Waals surface area contributed by atoms with Crippen LogP contribution in [0.5, 0.6) is 0 Å². The van der Waals surface area contributed by atoms with Gasteiger partial charge in [0.05, 0.1) is 6.54 Å². The molecule has 0 heterocycles. The van der Waals surface area contributed by atoms with Crippen LogP contribution in [-0.2, 0) is 11.3 Å². The molecule has 1 rings (SSSR count). The summed E-state index contributed by atoms with van der Waals surface area (Å²) in [6, 6.07) is 5.33. The van der Waals surface area contributed by atoms with Crippen LogP contribution in [0.4, 0.5) is 0 Å². The first-order valence-electron chi connectivity index (χ1n) is 5.89. The van der Waals surface area contributed by atoms with Crippen molar-refractivity contribution in [2.75, 3.05) is 13.1 Å². The molecule has 18 heavy (non-hydrogen) atoms. The first kappa shape index (κ1) is 15.3. The number of amides is 1. The summed E-state index contributed by atoms with van der Waals surface area (Å²) in [5.41, 5.74) is 0.962. The van der Waals surface area contributed by atoms with Crippen LogP contribution < -0.4 is 10.6 Å². The van der Waals surface area contributed by atoms with Crippen LogP contribution in [-0.4, -0.2) is 19.0 Å². The molecule has 1 amide bonds. The highest BCUT2D eigenvalue weighted by molar-refractivity contribution is 6.34. The molecule has 0 aliphatic carbocycles. The Morgan fingerprint density at radius 1 is 1.22 bits per heavy atom. The summed E-state index contributed by atoms with van der Waals surface area (Å²) in [7, 11) is 0. The molecule has 0 aliphatic heterocycles. The first-order chi connectivity index (χ1) is 8.47. The highest BCUT2D eigenvalue weighted by Gasteiger charge is 2.02. The Kier molecular flexibility index (Phi) is 6.47. The SMILES string of the molecule is CC(C)CNC(=O)CNCc1cc(Cl)cc(Cl)c1. The molecule has 0 spiro atoms. The van der Waals surface area contributed by atoms with Crippen LogP contribution in [0, 0.1) is 5.92 Å². The van der Waals surface area contributed by atoms with Crippen molar-refractivity contribution in [1.82, 2.24) is 10.6 Å². The molecule has 100 valence electrons. The van der Waals surface area contributed by atoms with E-state index in [2.05, 4.69) is 24.5 Å². The summed E-state index contributed by atoms with van der Waals surface area (Å²) in [6.45, 7) is 5.67. The molecule has 1 aromatic rings. The van der Waals surface area contributed by atoms with Crippen molar-refractivity contribution in [3.8, 4) is 0 Å². The number of halogens is 2. The number of rotatable bonds is 6. The lowest BCUT2D eigenvalue weighted by Gasteiger charge is -2.09. The summed E-state index contributed by atoms with van der Waals surface area (Å²) >= 11 is 11.8. The van der Waals surface area contributed by atoms with Gasteiger partial charge in [-0.1, -0.05) is 37.0 Å². The Hall–Kier alpha value is -0.770. The number of carbonyl (C=O) groups excluding carboxylic acids is 1. The van der Waals surface area contributed by atoms with E-state index in [0.717, 1.165) is 5.56 Å². The molecule has 1 aromatic carbocycles. The standard InChI is InChI=1S/C13H18Cl2N2O/c1-9(2)6-17-13(18)8-16-7-10-3-11(14)5-12(15)4-10/h3-5,9,16H,6-8H2,1-2H3,(H,17,18). The minimum absolute atomic E-state index is 0.00294. The summed E-state index contributed by atoms with van der Waals surface area (Å²) < 4.78 is 0. The maximum absolute atomic E-state index is 11.4. The van der Waals surface area contributed by atoms with Gasteiger partial charge in [0.25, 0.3) is 0 Å². The summed E-state index contributed by atoms with van der Waals surface area (Å²) in [5.74, 6) is 0.456. The van der Waals surface area contributed by atoms with Crippen molar-refractivity contribution in [3.05, 3.63) is 33.8 Å². The van der Waals surface area contributed by atoms with Crippen molar-refractivity contribution in [2.24, 2.45) is 5.92 Å². The third kappa shape index (κ3) is 6.24. The van der Waals surface area contributed by atoms with Gasteiger partial charge < -0.3 is 10.6 Å². The number of carbonyl (C=O) groups is 1. The predicted octanol–water partition coefficient (Wildman–Crippen LogP) is 2.86. The van der Waals surface area contributed by atoms with E-state index in [1.54, 1.807) is 6.07 Å². The molecule has 0 fully saturated rings. The Bertz CT molecular complexity index is 388. The number of hydrogen-bond donors (Lipinski definition) is 2. The van der Waals surface area contributed by atoms with Gasteiger partial charge >= 0.3 is 0 Å². The molecule has 5 heteroatoms. The second-order valence-electron chi connectivity index (χ2n) is 4.58. The number of hydrogen-bond acceptors (Lipinski definition) is 2. The highest BCUT2D eigenvalue weighted by atomic mass is 35.5. The van der Waals surface area contributed by atoms with Crippen LogP contribution in [0.1, 0.15) is 19.4 Å². The fourth-order valence-corrected chi connectivity index (χ4v) is 1.99. The van der Waals surface area contributed by atoms with E-state index in [4.69, 9.17) is 23.2 Å². The van der Waals surface area contributed by atoms with Crippen molar-refractivity contribution in [3.63, 3.8) is 0 Å². The lowest BCUT2D eigenvalue weighted by molar-refractivity contribution is -0.120. The molecule has 0 saturated heterocycles. The van der Waals surface area contributed by atoms with Crippen LogP contribution in [0.15, 0.2) is 18.2 Å². The Morgan fingerprint density at radius 3 is 2.39 bits per heavy atom. The first-order valence-corrected chi connectivity index (χ1v) is 6.65. The van der Waals surface area contributed by atoms with Gasteiger partial charge in [-0.3, -0.25) is 4.79 Å². The molecule has 0 bridgehead atoms. The lowest BCUT2D eigenvalue weighted by Crippen LogP contribution is -2.35. The summed E-state index contributed by atoms with van der Waals surface area (Å²) in [5, 5.41) is 7.09. The van der Waals surface area contributed by atoms with E-state index in [0.29, 0.717) is 29.1 Å². The van der Waals surface area contributed by atoms with Crippen LogP contribution in [0.2, 0.25) is 10.0 Å². The molecule has 0 atom stereocenters. The second kappa shape index (κ2) is 7.62. The van der Waals surface area contributed by atoms with E-state index in [9.17, 15) is 4.79 Å². The Morgan fingerprint density at radius 2 is 1.83 bits per heavy atom.